The van der Waals surface area contributed by atoms with Crippen LogP contribution in [0.15, 0.2) is 10.7 Å². The molecule has 4 N–H and O–H groups in total. The number of nitrogens with one attached hydrogen (secondary N) is 1. The van der Waals surface area contributed by atoms with Gasteiger partial charge >= 0.3 is 0 Å². The lowest BCUT2D eigenvalue weighted by molar-refractivity contribution is 0.0934. The van der Waals surface area contributed by atoms with E-state index < -0.39 is 6.04 Å². The molecular weight excluding hydrogens is 272 g/mol. The molecule has 0 fully saturated rings. The number of aliphatic hydroxyl groups excluding tert-OH is 1. The molecule has 0 radical (unpaired) electrons. The van der Waals surface area contributed by atoms with E-state index in [4.69, 9.17) is 15.3 Å². The number of nitrogens with two attached hydrogens (primary N) is 1. The number of rotatable bonds is 8. The van der Waals surface area contributed by atoms with Crippen LogP contribution in [-0.4, -0.2) is 52.7 Å². The zero-order valence-electron chi connectivity index (χ0n) is 13.2. The Morgan fingerprint density at radius 1 is 1.43 bits per heavy atom. The second-order valence-electron chi connectivity index (χ2n) is 5.54. The van der Waals surface area contributed by atoms with Crippen LogP contribution in [0.1, 0.15) is 50.1 Å². The van der Waals surface area contributed by atoms with Crippen molar-refractivity contribution in [3.63, 3.8) is 0 Å². The van der Waals surface area contributed by atoms with Crippen LogP contribution in [0.5, 0.6) is 0 Å². The van der Waals surface area contributed by atoms with E-state index in [9.17, 15) is 4.79 Å². The lowest BCUT2D eigenvalue weighted by atomic mass is 10.2. The molecular formula is C14H26N4O3. The fourth-order valence-electron chi connectivity index (χ4n) is 2.14. The van der Waals surface area contributed by atoms with E-state index in [1.165, 1.54) is 6.26 Å². The van der Waals surface area contributed by atoms with Gasteiger partial charge in [0.05, 0.1) is 6.61 Å². The van der Waals surface area contributed by atoms with Crippen LogP contribution in [0.4, 0.5) is 0 Å². The molecule has 0 bridgehead atoms. The van der Waals surface area contributed by atoms with Crippen LogP contribution in [0.3, 0.4) is 0 Å². The molecule has 0 saturated carbocycles. The molecule has 1 aromatic rings. The highest BCUT2D eigenvalue weighted by molar-refractivity contribution is 5.91. The maximum absolute atomic E-state index is 11.9. The maximum atomic E-state index is 11.9. The highest BCUT2D eigenvalue weighted by Crippen LogP contribution is 2.09. The minimum atomic E-state index is -0.705. The molecule has 21 heavy (non-hydrogen) atoms. The number of aromatic nitrogens is 1. The summed E-state index contributed by atoms with van der Waals surface area (Å²) in [6, 6.07) is 0.134. The summed E-state index contributed by atoms with van der Waals surface area (Å²) < 4.78 is 5.07. The Balaban J connectivity index is 2.48. The Bertz CT molecular complexity index is 437. The quantitative estimate of drug-likeness (QED) is 0.646. The van der Waals surface area contributed by atoms with E-state index in [0.29, 0.717) is 18.6 Å². The molecule has 0 aliphatic carbocycles. The van der Waals surface area contributed by atoms with Crippen LogP contribution in [0, 0.1) is 0 Å². The number of carbonyl (C=O) groups is 1. The fourth-order valence-corrected chi connectivity index (χ4v) is 2.14. The smallest absolute Gasteiger partial charge is 0.273 e. The van der Waals surface area contributed by atoms with Crippen molar-refractivity contribution in [3.05, 3.63) is 17.8 Å². The largest absolute Gasteiger partial charge is 0.446 e. The van der Waals surface area contributed by atoms with Crippen molar-refractivity contribution in [2.24, 2.45) is 5.73 Å². The maximum Gasteiger partial charge on any atom is 0.273 e. The Morgan fingerprint density at radius 3 is 2.57 bits per heavy atom. The molecule has 1 amide bonds. The van der Waals surface area contributed by atoms with Gasteiger partial charge in [-0.1, -0.05) is 0 Å². The van der Waals surface area contributed by atoms with E-state index in [1.807, 2.05) is 0 Å². The van der Waals surface area contributed by atoms with Crippen molar-refractivity contribution in [2.75, 3.05) is 19.7 Å². The first-order valence-electron chi connectivity index (χ1n) is 7.22. The molecule has 0 spiro atoms. The summed E-state index contributed by atoms with van der Waals surface area (Å²) in [4.78, 5) is 18.2. The van der Waals surface area contributed by atoms with Crippen molar-refractivity contribution in [1.29, 1.82) is 0 Å². The minimum absolute atomic E-state index is 0.161. The monoisotopic (exact) mass is 298 g/mol. The number of oxazole rings is 1. The molecule has 1 atom stereocenters. The zero-order chi connectivity index (χ0) is 16.0. The minimum Gasteiger partial charge on any atom is -0.446 e. The SMILES string of the molecule is CC(C)N(CCNC(=O)c1coc(C(N)CO)n1)C(C)C. The third-order valence-corrected chi connectivity index (χ3v) is 3.25. The Hall–Kier alpha value is -1.44. The molecule has 1 rings (SSSR count). The average molecular weight is 298 g/mol. The standard InChI is InChI=1S/C14H26N4O3/c1-9(2)18(10(3)4)6-5-16-13(20)12-8-21-14(17-12)11(15)7-19/h8-11,19H,5-7,15H2,1-4H3,(H,16,20). The van der Waals surface area contributed by atoms with Crippen molar-refractivity contribution in [1.82, 2.24) is 15.2 Å². The van der Waals surface area contributed by atoms with Crippen molar-refractivity contribution in [3.8, 4) is 0 Å². The third-order valence-electron chi connectivity index (χ3n) is 3.25. The zero-order valence-corrected chi connectivity index (χ0v) is 13.2. The van der Waals surface area contributed by atoms with E-state index >= 15 is 0 Å². The molecule has 120 valence electrons. The van der Waals surface area contributed by atoms with E-state index in [1.54, 1.807) is 0 Å². The first-order chi connectivity index (χ1) is 9.86. The fraction of sp³-hybridized carbons (Fsp3) is 0.714. The second kappa shape index (κ2) is 8.11. The van der Waals surface area contributed by atoms with Crippen molar-refractivity contribution < 1.29 is 14.3 Å². The van der Waals surface area contributed by atoms with Crippen LogP contribution in [0.25, 0.3) is 0 Å². The second-order valence-corrected chi connectivity index (χ2v) is 5.54. The Morgan fingerprint density at radius 2 is 2.05 bits per heavy atom. The van der Waals surface area contributed by atoms with Gasteiger partial charge in [0, 0.05) is 25.2 Å². The first-order valence-corrected chi connectivity index (χ1v) is 7.22. The summed E-state index contributed by atoms with van der Waals surface area (Å²) in [5, 5.41) is 11.7. The first kappa shape index (κ1) is 17.6. The predicted octanol–water partition coefficient (Wildman–Crippen LogP) is 0.515. The van der Waals surface area contributed by atoms with Gasteiger partial charge in [-0.25, -0.2) is 4.98 Å². The molecule has 0 aromatic carbocycles. The van der Waals surface area contributed by atoms with Crippen LogP contribution < -0.4 is 11.1 Å². The lowest BCUT2D eigenvalue weighted by Crippen LogP contribution is -2.42. The van der Waals surface area contributed by atoms with Gasteiger partial charge in [-0.2, -0.15) is 0 Å². The summed E-state index contributed by atoms with van der Waals surface area (Å²) in [5.74, 6) is -0.142. The number of amides is 1. The van der Waals surface area contributed by atoms with Gasteiger partial charge in [0.25, 0.3) is 5.91 Å². The summed E-state index contributed by atoms with van der Waals surface area (Å²) in [6.45, 7) is 9.53. The Labute approximate surface area is 125 Å². The predicted molar refractivity (Wildman–Crippen MR) is 79.8 cm³/mol. The number of hydrogen-bond donors (Lipinski definition) is 3. The third kappa shape index (κ3) is 5.11. The molecule has 0 saturated heterocycles. The van der Waals surface area contributed by atoms with Gasteiger partial charge in [-0.15, -0.1) is 0 Å². The normalized spacial score (nSPS) is 13.2. The number of carbonyl (C=O) groups excluding carboxylic acids is 1. The Kier molecular flexibility index (Phi) is 6.80. The molecule has 7 heteroatoms. The van der Waals surface area contributed by atoms with Crippen LogP contribution in [0.2, 0.25) is 0 Å². The molecule has 0 aliphatic rings. The number of aliphatic hydroxyl groups is 1. The molecule has 7 nitrogen and oxygen atoms in total. The highest BCUT2D eigenvalue weighted by atomic mass is 16.3. The molecule has 0 aliphatic heterocycles. The number of hydrogen-bond acceptors (Lipinski definition) is 6. The summed E-state index contributed by atoms with van der Waals surface area (Å²) in [7, 11) is 0. The van der Waals surface area contributed by atoms with Crippen LogP contribution in [-0.2, 0) is 0 Å². The molecule has 1 aromatic heterocycles. The van der Waals surface area contributed by atoms with Gasteiger partial charge in [-0.05, 0) is 27.7 Å². The average Bonchev–Trinajstić information content (AvgIpc) is 2.91. The summed E-state index contributed by atoms with van der Waals surface area (Å²) >= 11 is 0. The van der Waals surface area contributed by atoms with Gasteiger partial charge in [-0.3, -0.25) is 9.69 Å². The van der Waals surface area contributed by atoms with E-state index in [2.05, 4.69) is 42.9 Å². The van der Waals surface area contributed by atoms with E-state index in [-0.39, 0.29) is 24.1 Å². The van der Waals surface area contributed by atoms with Gasteiger partial charge < -0.3 is 20.6 Å². The van der Waals surface area contributed by atoms with Crippen molar-refractivity contribution in [2.45, 2.75) is 45.8 Å². The lowest BCUT2D eigenvalue weighted by Gasteiger charge is -2.30. The topological polar surface area (TPSA) is 105 Å². The summed E-state index contributed by atoms with van der Waals surface area (Å²) in [6.07, 6.45) is 1.25. The highest BCUT2D eigenvalue weighted by Gasteiger charge is 2.17. The van der Waals surface area contributed by atoms with E-state index in [0.717, 1.165) is 6.54 Å². The molecule has 1 unspecified atom stereocenters. The van der Waals surface area contributed by atoms with Crippen molar-refractivity contribution >= 4 is 5.91 Å². The molecule has 1 heterocycles. The van der Waals surface area contributed by atoms with Gasteiger partial charge in [0.15, 0.2) is 5.69 Å². The summed E-state index contributed by atoms with van der Waals surface area (Å²) in [5.41, 5.74) is 5.75. The van der Waals surface area contributed by atoms with Gasteiger partial charge in [0.1, 0.15) is 12.3 Å². The van der Waals surface area contributed by atoms with Gasteiger partial charge in [0.2, 0.25) is 5.89 Å². The number of nitrogens with zero attached hydrogens (tertiary/aromatic N) is 2. The van der Waals surface area contributed by atoms with Crippen LogP contribution >= 0.6 is 0 Å².